The Morgan fingerprint density at radius 2 is 2.14 bits per heavy atom. The molecule has 14 heavy (non-hydrogen) atoms. The molecular formula is C11H21NO2. The fourth-order valence-electron chi connectivity index (χ4n) is 1.60. The molecule has 0 saturated heterocycles. The van der Waals surface area contributed by atoms with E-state index in [1.165, 1.54) is 20.0 Å². The molecule has 0 heterocycles. The van der Waals surface area contributed by atoms with Crippen molar-refractivity contribution in [2.45, 2.75) is 39.2 Å². The summed E-state index contributed by atoms with van der Waals surface area (Å²) in [6.45, 7) is 5.15. The van der Waals surface area contributed by atoms with Gasteiger partial charge in [-0.25, -0.2) is 0 Å². The lowest BCUT2D eigenvalue weighted by atomic mass is 10.0. The van der Waals surface area contributed by atoms with Crippen LogP contribution in [0.25, 0.3) is 0 Å². The number of nitrogens with one attached hydrogen (secondary N) is 1. The Balaban J connectivity index is 2.10. The average Bonchev–Trinajstić information content (AvgIpc) is 2.96. The maximum atomic E-state index is 11.1. The van der Waals surface area contributed by atoms with Crippen LogP contribution in [0.2, 0.25) is 0 Å². The summed E-state index contributed by atoms with van der Waals surface area (Å²) < 4.78 is 4.68. The molecular weight excluding hydrogens is 178 g/mol. The Morgan fingerprint density at radius 3 is 2.64 bits per heavy atom. The Morgan fingerprint density at radius 1 is 1.50 bits per heavy atom. The van der Waals surface area contributed by atoms with Crippen molar-refractivity contribution in [1.29, 1.82) is 0 Å². The first kappa shape index (κ1) is 11.5. The third-order valence-electron chi connectivity index (χ3n) is 2.76. The highest BCUT2D eigenvalue weighted by Crippen LogP contribution is 2.27. The highest BCUT2D eigenvalue weighted by molar-refractivity contribution is 5.71. The summed E-state index contributed by atoms with van der Waals surface area (Å²) in [6, 6.07) is 0.407. The van der Waals surface area contributed by atoms with Gasteiger partial charge in [-0.05, 0) is 38.6 Å². The van der Waals surface area contributed by atoms with Gasteiger partial charge in [0.2, 0.25) is 0 Å². The van der Waals surface area contributed by atoms with Gasteiger partial charge in [0.25, 0.3) is 0 Å². The molecule has 2 atom stereocenters. The first-order valence-corrected chi connectivity index (χ1v) is 5.44. The van der Waals surface area contributed by atoms with Crippen molar-refractivity contribution in [3.63, 3.8) is 0 Å². The number of ether oxygens (including phenoxy) is 1. The van der Waals surface area contributed by atoms with Crippen molar-refractivity contribution < 1.29 is 9.53 Å². The third kappa shape index (κ3) is 4.09. The van der Waals surface area contributed by atoms with Gasteiger partial charge in [-0.15, -0.1) is 0 Å². The van der Waals surface area contributed by atoms with Gasteiger partial charge >= 0.3 is 5.97 Å². The highest BCUT2D eigenvalue weighted by atomic mass is 16.5. The van der Waals surface area contributed by atoms with E-state index < -0.39 is 0 Å². The van der Waals surface area contributed by atoms with E-state index in [1.807, 2.05) is 6.92 Å². The molecule has 1 rings (SSSR count). The summed E-state index contributed by atoms with van der Waals surface area (Å²) in [4.78, 5) is 11.1. The predicted octanol–water partition coefficient (Wildman–Crippen LogP) is 1.57. The van der Waals surface area contributed by atoms with Crippen LogP contribution in [0.4, 0.5) is 0 Å². The quantitative estimate of drug-likeness (QED) is 0.660. The third-order valence-corrected chi connectivity index (χ3v) is 2.76. The minimum Gasteiger partial charge on any atom is -0.469 e. The van der Waals surface area contributed by atoms with Gasteiger partial charge in [0.1, 0.15) is 0 Å². The van der Waals surface area contributed by atoms with Crippen LogP contribution in [0.3, 0.4) is 0 Å². The van der Waals surface area contributed by atoms with Crippen LogP contribution in [-0.4, -0.2) is 25.7 Å². The van der Waals surface area contributed by atoms with E-state index in [9.17, 15) is 4.79 Å². The molecule has 0 amide bonds. The van der Waals surface area contributed by atoms with Crippen molar-refractivity contribution in [3.8, 4) is 0 Å². The zero-order chi connectivity index (χ0) is 10.6. The normalized spacial score (nSPS) is 20.2. The maximum absolute atomic E-state index is 11.1. The summed E-state index contributed by atoms with van der Waals surface area (Å²) in [7, 11) is 1.45. The minimum atomic E-state index is -0.106. The van der Waals surface area contributed by atoms with E-state index in [4.69, 9.17) is 0 Å². The second-order valence-electron chi connectivity index (χ2n) is 4.41. The summed E-state index contributed by atoms with van der Waals surface area (Å²) in [5, 5.41) is 3.45. The molecule has 1 aliphatic rings. The lowest BCUT2D eigenvalue weighted by Crippen LogP contribution is -2.31. The van der Waals surface area contributed by atoms with E-state index in [1.54, 1.807) is 0 Å². The van der Waals surface area contributed by atoms with Crippen LogP contribution in [0, 0.1) is 11.8 Å². The molecule has 3 nitrogen and oxygen atoms in total. The molecule has 82 valence electrons. The molecule has 0 bridgehead atoms. The molecule has 0 radical (unpaired) electrons. The number of carbonyl (C=O) groups is 1. The Hall–Kier alpha value is -0.570. The van der Waals surface area contributed by atoms with Crippen LogP contribution < -0.4 is 5.32 Å². The van der Waals surface area contributed by atoms with Crippen molar-refractivity contribution >= 4 is 5.97 Å². The fraction of sp³-hybridized carbons (Fsp3) is 0.909. The zero-order valence-corrected chi connectivity index (χ0v) is 9.38. The standard InChI is InChI=1S/C11H21NO2/c1-8(11(13)14-3)6-9(2)12-7-10-4-5-10/h8-10,12H,4-7H2,1-3H3. The molecule has 0 aromatic rings. The summed E-state index contributed by atoms with van der Waals surface area (Å²) in [5.41, 5.74) is 0. The Labute approximate surface area is 86.2 Å². The summed E-state index contributed by atoms with van der Waals surface area (Å²) in [5.74, 6) is 0.789. The number of carbonyl (C=O) groups excluding carboxylic acids is 1. The number of hydrogen-bond donors (Lipinski definition) is 1. The van der Waals surface area contributed by atoms with Gasteiger partial charge in [-0.2, -0.15) is 0 Å². The van der Waals surface area contributed by atoms with Gasteiger partial charge in [0, 0.05) is 6.04 Å². The SMILES string of the molecule is COC(=O)C(C)CC(C)NCC1CC1. The second-order valence-corrected chi connectivity index (χ2v) is 4.41. The van der Waals surface area contributed by atoms with Gasteiger partial charge in [0.05, 0.1) is 13.0 Å². The fourth-order valence-corrected chi connectivity index (χ4v) is 1.60. The molecule has 0 aliphatic heterocycles. The number of methoxy groups -OCH3 is 1. The molecule has 2 unspecified atom stereocenters. The molecule has 3 heteroatoms. The second kappa shape index (κ2) is 5.35. The van der Waals surface area contributed by atoms with E-state index >= 15 is 0 Å². The van der Waals surface area contributed by atoms with Crippen molar-refractivity contribution in [3.05, 3.63) is 0 Å². The lowest BCUT2D eigenvalue weighted by molar-refractivity contribution is -0.145. The van der Waals surface area contributed by atoms with Gasteiger partial charge in [-0.1, -0.05) is 6.92 Å². The summed E-state index contributed by atoms with van der Waals surface area (Å²) >= 11 is 0. The van der Waals surface area contributed by atoms with Crippen LogP contribution in [-0.2, 0) is 9.53 Å². The van der Waals surface area contributed by atoms with Gasteiger partial charge in [-0.3, -0.25) is 4.79 Å². The van der Waals surface area contributed by atoms with Crippen LogP contribution in [0.1, 0.15) is 33.1 Å². The number of rotatable bonds is 6. The van der Waals surface area contributed by atoms with E-state index in [0.29, 0.717) is 6.04 Å². The lowest BCUT2D eigenvalue weighted by Gasteiger charge is -2.16. The van der Waals surface area contributed by atoms with Crippen LogP contribution in [0.5, 0.6) is 0 Å². The first-order chi connectivity index (χ1) is 6.63. The smallest absolute Gasteiger partial charge is 0.308 e. The summed E-state index contributed by atoms with van der Waals surface area (Å²) in [6.07, 6.45) is 3.60. The van der Waals surface area contributed by atoms with Crippen molar-refractivity contribution in [1.82, 2.24) is 5.32 Å². The first-order valence-electron chi connectivity index (χ1n) is 5.44. The number of hydrogen-bond acceptors (Lipinski definition) is 3. The predicted molar refractivity (Wildman–Crippen MR) is 56.0 cm³/mol. The molecule has 1 saturated carbocycles. The van der Waals surface area contributed by atoms with Crippen molar-refractivity contribution in [2.24, 2.45) is 11.8 Å². The van der Waals surface area contributed by atoms with Gasteiger partial charge < -0.3 is 10.1 Å². The average molecular weight is 199 g/mol. The molecule has 0 spiro atoms. The maximum Gasteiger partial charge on any atom is 0.308 e. The largest absolute Gasteiger partial charge is 0.469 e. The van der Waals surface area contributed by atoms with Crippen LogP contribution >= 0.6 is 0 Å². The van der Waals surface area contributed by atoms with Gasteiger partial charge in [0.15, 0.2) is 0 Å². The number of esters is 1. The Kier molecular flexibility index (Phi) is 4.39. The molecule has 1 aliphatic carbocycles. The molecule has 1 N–H and O–H groups in total. The monoisotopic (exact) mass is 199 g/mol. The van der Waals surface area contributed by atoms with Crippen molar-refractivity contribution in [2.75, 3.05) is 13.7 Å². The topological polar surface area (TPSA) is 38.3 Å². The molecule has 1 fully saturated rings. The molecule has 0 aromatic heterocycles. The Bertz CT molecular complexity index is 190. The van der Waals surface area contributed by atoms with Crippen LogP contribution in [0.15, 0.2) is 0 Å². The highest BCUT2D eigenvalue weighted by Gasteiger charge is 2.22. The molecule has 0 aromatic carbocycles. The zero-order valence-electron chi connectivity index (χ0n) is 9.38. The van der Waals surface area contributed by atoms with E-state index in [0.717, 1.165) is 18.9 Å². The van der Waals surface area contributed by atoms with E-state index in [2.05, 4.69) is 17.0 Å². The van der Waals surface area contributed by atoms with E-state index in [-0.39, 0.29) is 11.9 Å². The minimum absolute atomic E-state index is 0.00158.